The molecule has 0 saturated carbocycles. The van der Waals surface area contributed by atoms with E-state index in [2.05, 4.69) is 34.5 Å². The Hall–Kier alpha value is -1.64. The van der Waals surface area contributed by atoms with Crippen molar-refractivity contribution in [2.45, 2.75) is 13.5 Å². The number of para-hydroxylation sites is 1. The van der Waals surface area contributed by atoms with Gasteiger partial charge in [-0.15, -0.1) is 0 Å². The molecule has 0 aliphatic heterocycles. The molecule has 0 atom stereocenters. The number of aromatic nitrogens is 2. The van der Waals surface area contributed by atoms with Gasteiger partial charge in [0.05, 0.1) is 16.6 Å². The Kier molecular flexibility index (Phi) is 3.80. The molecule has 0 spiro atoms. The quantitative estimate of drug-likeness (QED) is 0.859. The van der Waals surface area contributed by atoms with E-state index >= 15 is 0 Å². The minimum atomic E-state index is 0.640. The fraction of sp³-hybridized carbons (Fsp3) is 0.385. The highest BCUT2D eigenvalue weighted by atomic mass is 32.1. The lowest BCUT2D eigenvalue weighted by Crippen LogP contribution is -2.22. The molecule has 94 valence electrons. The predicted molar refractivity (Wildman–Crippen MR) is 75.0 cm³/mol. The van der Waals surface area contributed by atoms with E-state index in [1.807, 2.05) is 12.1 Å². The third-order valence-electron chi connectivity index (χ3n) is 3.18. The van der Waals surface area contributed by atoms with E-state index in [0.29, 0.717) is 10.3 Å². The van der Waals surface area contributed by atoms with Crippen LogP contribution in [0.5, 0.6) is 0 Å². The van der Waals surface area contributed by atoms with Crippen LogP contribution >= 0.6 is 12.2 Å². The van der Waals surface area contributed by atoms with E-state index in [9.17, 15) is 0 Å². The fourth-order valence-corrected chi connectivity index (χ4v) is 2.22. The van der Waals surface area contributed by atoms with Gasteiger partial charge in [0.1, 0.15) is 6.07 Å². The summed E-state index contributed by atoms with van der Waals surface area (Å²) in [5, 5.41) is 9.07. The van der Waals surface area contributed by atoms with Crippen LogP contribution in [-0.4, -0.2) is 34.6 Å². The van der Waals surface area contributed by atoms with E-state index in [4.69, 9.17) is 17.5 Å². The van der Waals surface area contributed by atoms with Crippen molar-refractivity contribution in [3.8, 4) is 6.07 Å². The van der Waals surface area contributed by atoms with E-state index in [1.54, 1.807) is 6.07 Å². The monoisotopic (exact) mass is 260 g/mol. The molecule has 4 nitrogen and oxygen atoms in total. The number of nitrogens with one attached hydrogen (secondary N) is 1. The molecular weight excluding hydrogens is 244 g/mol. The Morgan fingerprint density at radius 1 is 1.50 bits per heavy atom. The normalized spacial score (nSPS) is 11.0. The molecule has 1 aromatic carbocycles. The van der Waals surface area contributed by atoms with Gasteiger partial charge in [-0.3, -0.25) is 0 Å². The van der Waals surface area contributed by atoms with Crippen LogP contribution in [-0.2, 0) is 6.54 Å². The van der Waals surface area contributed by atoms with E-state index < -0.39 is 0 Å². The van der Waals surface area contributed by atoms with Crippen molar-refractivity contribution in [1.82, 2.24) is 14.5 Å². The summed E-state index contributed by atoms with van der Waals surface area (Å²) in [5.41, 5.74) is 2.48. The lowest BCUT2D eigenvalue weighted by atomic mass is 10.2. The molecule has 1 aromatic heterocycles. The van der Waals surface area contributed by atoms with Crippen LogP contribution in [0, 0.1) is 16.1 Å². The van der Waals surface area contributed by atoms with Gasteiger partial charge in [0, 0.05) is 13.1 Å². The van der Waals surface area contributed by atoms with Gasteiger partial charge in [-0.1, -0.05) is 13.0 Å². The van der Waals surface area contributed by atoms with E-state index in [0.717, 1.165) is 30.7 Å². The molecule has 1 heterocycles. The van der Waals surface area contributed by atoms with Gasteiger partial charge < -0.3 is 14.5 Å². The van der Waals surface area contributed by atoms with Crippen LogP contribution < -0.4 is 0 Å². The molecule has 0 aliphatic rings. The largest absolute Gasteiger partial charge is 0.329 e. The molecule has 2 aromatic rings. The second-order valence-corrected chi connectivity index (χ2v) is 4.68. The molecule has 0 bridgehead atoms. The van der Waals surface area contributed by atoms with Gasteiger partial charge >= 0.3 is 0 Å². The lowest BCUT2D eigenvalue weighted by molar-refractivity contribution is 0.336. The molecule has 1 N–H and O–H groups in total. The summed E-state index contributed by atoms with van der Waals surface area (Å²) in [7, 11) is 2.08. The Morgan fingerprint density at radius 2 is 2.28 bits per heavy atom. The average Bonchev–Trinajstić information content (AvgIpc) is 2.71. The Labute approximate surface area is 111 Å². The van der Waals surface area contributed by atoms with Gasteiger partial charge in [0.15, 0.2) is 4.77 Å². The van der Waals surface area contributed by atoms with Crippen LogP contribution in [0.2, 0.25) is 0 Å². The number of imidazole rings is 1. The van der Waals surface area contributed by atoms with Crippen LogP contribution in [0.25, 0.3) is 11.0 Å². The van der Waals surface area contributed by atoms with Gasteiger partial charge in [-0.25, -0.2) is 0 Å². The molecular formula is C13H16N4S. The number of hydrogen-bond acceptors (Lipinski definition) is 3. The topological polar surface area (TPSA) is 47.8 Å². The summed E-state index contributed by atoms with van der Waals surface area (Å²) in [6.45, 7) is 4.91. The van der Waals surface area contributed by atoms with Gasteiger partial charge in [-0.05, 0) is 37.9 Å². The third-order valence-corrected chi connectivity index (χ3v) is 3.50. The second kappa shape index (κ2) is 5.34. The zero-order valence-electron chi connectivity index (χ0n) is 10.6. The lowest BCUT2D eigenvalue weighted by Gasteiger charge is -2.14. The highest BCUT2D eigenvalue weighted by Gasteiger charge is 2.08. The molecule has 5 heteroatoms. The van der Waals surface area contributed by atoms with Crippen molar-refractivity contribution in [2.24, 2.45) is 0 Å². The van der Waals surface area contributed by atoms with Crippen molar-refractivity contribution < 1.29 is 0 Å². The number of nitrogens with zero attached hydrogens (tertiary/aromatic N) is 3. The van der Waals surface area contributed by atoms with Crippen molar-refractivity contribution in [2.75, 3.05) is 20.1 Å². The summed E-state index contributed by atoms with van der Waals surface area (Å²) in [4.78, 5) is 5.36. The number of H-pyrrole nitrogens is 1. The number of aromatic amines is 1. The number of benzene rings is 1. The van der Waals surface area contributed by atoms with E-state index in [-0.39, 0.29) is 0 Å². The fourth-order valence-electron chi connectivity index (χ4n) is 1.92. The Bertz CT molecular complexity index is 647. The first-order valence-electron chi connectivity index (χ1n) is 5.97. The van der Waals surface area contributed by atoms with Crippen molar-refractivity contribution >= 4 is 23.3 Å². The summed E-state index contributed by atoms with van der Waals surface area (Å²) in [6, 6.07) is 7.87. The first-order valence-corrected chi connectivity index (χ1v) is 6.38. The number of fused-ring (bicyclic) bond motifs is 1. The maximum absolute atomic E-state index is 9.07. The van der Waals surface area contributed by atoms with Gasteiger partial charge in [-0.2, -0.15) is 5.26 Å². The zero-order chi connectivity index (χ0) is 13.1. The first-order chi connectivity index (χ1) is 8.67. The van der Waals surface area contributed by atoms with Gasteiger partial charge in [0.25, 0.3) is 0 Å². The molecule has 0 amide bonds. The Balaban J connectivity index is 2.43. The summed E-state index contributed by atoms with van der Waals surface area (Å²) < 4.78 is 2.73. The standard InChI is InChI=1S/C13H16N4S/c1-3-16(2)7-8-17-11-6-4-5-10(9-14)12(11)15-13(17)18/h4-6H,3,7-8H2,1-2H3,(H,15,18). The maximum atomic E-state index is 9.07. The van der Waals surface area contributed by atoms with Crippen LogP contribution in [0.15, 0.2) is 18.2 Å². The van der Waals surface area contributed by atoms with Crippen LogP contribution in [0.1, 0.15) is 12.5 Å². The zero-order valence-corrected chi connectivity index (χ0v) is 11.4. The summed E-state index contributed by atoms with van der Waals surface area (Å²) in [5.74, 6) is 0. The van der Waals surface area contributed by atoms with Crippen LogP contribution in [0.4, 0.5) is 0 Å². The van der Waals surface area contributed by atoms with Crippen molar-refractivity contribution in [1.29, 1.82) is 5.26 Å². The molecule has 2 rings (SSSR count). The first kappa shape index (κ1) is 12.8. The number of likely N-dealkylation sites (N-methyl/N-ethyl adjacent to an activating group) is 1. The minimum absolute atomic E-state index is 0.640. The molecule has 0 aliphatic carbocycles. The van der Waals surface area contributed by atoms with Gasteiger partial charge in [0.2, 0.25) is 0 Å². The summed E-state index contributed by atoms with van der Waals surface area (Å²) in [6.07, 6.45) is 0. The number of nitriles is 1. The molecule has 0 saturated heterocycles. The van der Waals surface area contributed by atoms with E-state index in [1.165, 1.54) is 0 Å². The molecule has 0 radical (unpaired) electrons. The third kappa shape index (κ3) is 2.30. The highest BCUT2D eigenvalue weighted by molar-refractivity contribution is 7.71. The average molecular weight is 260 g/mol. The maximum Gasteiger partial charge on any atom is 0.178 e. The SMILES string of the molecule is CCN(C)CCn1c(=S)[nH]c2c(C#N)cccc21. The molecule has 0 unspecified atom stereocenters. The molecule has 0 fully saturated rings. The smallest absolute Gasteiger partial charge is 0.178 e. The van der Waals surface area contributed by atoms with Crippen molar-refractivity contribution in [3.63, 3.8) is 0 Å². The number of hydrogen-bond donors (Lipinski definition) is 1. The Morgan fingerprint density at radius 3 is 2.94 bits per heavy atom. The number of rotatable bonds is 4. The highest BCUT2D eigenvalue weighted by Crippen LogP contribution is 2.17. The predicted octanol–water partition coefficient (Wildman–Crippen LogP) is 2.52. The minimum Gasteiger partial charge on any atom is -0.329 e. The van der Waals surface area contributed by atoms with Crippen LogP contribution in [0.3, 0.4) is 0 Å². The van der Waals surface area contributed by atoms with Crippen molar-refractivity contribution in [3.05, 3.63) is 28.5 Å². The summed E-state index contributed by atoms with van der Waals surface area (Å²) >= 11 is 5.33. The molecule has 18 heavy (non-hydrogen) atoms. The second-order valence-electron chi connectivity index (χ2n) is 4.29.